The predicted octanol–water partition coefficient (Wildman–Crippen LogP) is 3.57. The number of urea groups is 1. The van der Waals surface area contributed by atoms with Gasteiger partial charge in [0.1, 0.15) is 18.2 Å². The van der Waals surface area contributed by atoms with Gasteiger partial charge in [0.05, 0.1) is 24.9 Å². The Morgan fingerprint density at radius 3 is 2.94 bits per heavy atom. The van der Waals surface area contributed by atoms with E-state index in [-0.39, 0.29) is 23.9 Å². The summed E-state index contributed by atoms with van der Waals surface area (Å²) in [7, 11) is 0. The molecule has 0 saturated carbocycles. The summed E-state index contributed by atoms with van der Waals surface area (Å²) in [6.07, 6.45) is 4.08. The number of aryl methyl sites for hydroxylation is 1. The van der Waals surface area contributed by atoms with Crippen molar-refractivity contribution in [2.45, 2.75) is 31.3 Å². The number of para-hydroxylation sites is 1. The molecule has 1 fully saturated rings. The van der Waals surface area contributed by atoms with E-state index < -0.39 is 0 Å². The van der Waals surface area contributed by atoms with Gasteiger partial charge in [0, 0.05) is 6.54 Å². The van der Waals surface area contributed by atoms with Gasteiger partial charge in [-0.3, -0.25) is 0 Å². The van der Waals surface area contributed by atoms with Gasteiger partial charge in [-0.2, -0.15) is 5.10 Å². The largest absolute Gasteiger partial charge is 0.377 e. The van der Waals surface area contributed by atoms with Gasteiger partial charge in [-0.05, 0) is 54.7 Å². The number of hydrogen-bond acceptors (Lipinski definition) is 4. The van der Waals surface area contributed by atoms with Gasteiger partial charge >= 0.3 is 6.03 Å². The van der Waals surface area contributed by atoms with E-state index in [0.29, 0.717) is 25.6 Å². The van der Waals surface area contributed by atoms with Gasteiger partial charge in [-0.25, -0.2) is 18.9 Å². The number of benzene rings is 2. The van der Waals surface area contributed by atoms with E-state index >= 15 is 0 Å². The molecule has 1 aromatic heterocycles. The van der Waals surface area contributed by atoms with Crippen LogP contribution in [0.25, 0.3) is 5.69 Å². The number of rotatable bonds is 3. The van der Waals surface area contributed by atoms with Gasteiger partial charge in [-0.15, -0.1) is 0 Å². The molecule has 0 radical (unpaired) electrons. The highest BCUT2D eigenvalue weighted by Gasteiger charge is 2.34. The third-order valence-electron chi connectivity index (χ3n) is 5.98. The normalized spacial score (nSPS) is 20.9. The minimum Gasteiger partial charge on any atom is -0.377 e. The molecule has 2 amide bonds. The van der Waals surface area contributed by atoms with Gasteiger partial charge < -0.3 is 15.0 Å². The highest BCUT2D eigenvalue weighted by Crippen LogP contribution is 2.31. The Morgan fingerprint density at radius 2 is 2.06 bits per heavy atom. The number of amides is 2. The lowest BCUT2D eigenvalue weighted by Crippen LogP contribution is -2.49. The van der Waals surface area contributed by atoms with Crippen LogP contribution in [0, 0.1) is 5.82 Å². The van der Waals surface area contributed by atoms with Crippen molar-refractivity contribution in [1.29, 1.82) is 0 Å². The summed E-state index contributed by atoms with van der Waals surface area (Å²) in [5.41, 5.74) is 2.85. The molecule has 160 valence electrons. The fraction of sp³-hybridized carbons (Fsp3) is 0.348. The first-order valence-electron chi connectivity index (χ1n) is 10.6. The van der Waals surface area contributed by atoms with Gasteiger partial charge in [0.15, 0.2) is 5.82 Å². The number of morpholine rings is 1. The van der Waals surface area contributed by atoms with Crippen LogP contribution >= 0.6 is 0 Å². The molecule has 8 heteroatoms. The van der Waals surface area contributed by atoms with Crippen molar-refractivity contribution < 1.29 is 13.9 Å². The first-order valence-corrected chi connectivity index (χ1v) is 10.6. The molecule has 0 spiro atoms. The first kappa shape index (κ1) is 19.7. The zero-order valence-electron chi connectivity index (χ0n) is 17.1. The molecule has 2 unspecified atom stereocenters. The van der Waals surface area contributed by atoms with E-state index in [9.17, 15) is 9.18 Å². The number of halogens is 1. The summed E-state index contributed by atoms with van der Waals surface area (Å²) >= 11 is 0. The summed E-state index contributed by atoms with van der Waals surface area (Å²) in [6, 6.07) is 13.9. The molecular weight excluding hydrogens is 397 g/mol. The maximum absolute atomic E-state index is 13.6. The Kier molecular flexibility index (Phi) is 5.38. The highest BCUT2D eigenvalue weighted by atomic mass is 19.1. The number of ether oxygens (including phenoxy) is 1. The van der Waals surface area contributed by atoms with Crippen LogP contribution in [0.1, 0.15) is 41.9 Å². The highest BCUT2D eigenvalue weighted by molar-refractivity contribution is 5.75. The summed E-state index contributed by atoms with van der Waals surface area (Å²) in [5.74, 6) is 0.423. The number of nitrogens with zero attached hydrogens (tertiary/aromatic N) is 4. The van der Waals surface area contributed by atoms with Crippen LogP contribution in [0.3, 0.4) is 0 Å². The van der Waals surface area contributed by atoms with E-state index in [1.165, 1.54) is 12.4 Å². The number of hydrogen-bond donors (Lipinski definition) is 1. The summed E-state index contributed by atoms with van der Waals surface area (Å²) in [5, 5.41) is 7.53. The Bertz CT molecular complexity index is 1070. The standard InChI is InChI=1S/C23H24FN5O2/c24-17-9-10-19-16(13-17)5-4-8-20(19)27-23(30)28-11-12-31-14-21(28)22-25-15-26-29(22)18-6-2-1-3-7-18/h1-3,6-7,9-10,13,15,20-21H,4-5,8,11-12,14H2,(H,27,30). The van der Waals surface area contributed by atoms with E-state index in [1.54, 1.807) is 21.7 Å². The zero-order valence-corrected chi connectivity index (χ0v) is 17.1. The Hall–Kier alpha value is -3.26. The van der Waals surface area contributed by atoms with Crippen molar-refractivity contribution in [3.8, 4) is 5.69 Å². The number of carbonyl (C=O) groups is 1. The Labute approximate surface area is 179 Å². The van der Waals surface area contributed by atoms with Crippen LogP contribution in [0.5, 0.6) is 0 Å². The topological polar surface area (TPSA) is 72.3 Å². The molecule has 1 aliphatic heterocycles. The molecule has 5 rings (SSSR count). The van der Waals surface area contributed by atoms with Crippen molar-refractivity contribution in [2.75, 3.05) is 19.8 Å². The molecule has 2 heterocycles. The second kappa shape index (κ2) is 8.47. The minimum atomic E-state index is -0.354. The lowest BCUT2D eigenvalue weighted by atomic mass is 9.87. The van der Waals surface area contributed by atoms with Gasteiger partial charge in [0.25, 0.3) is 0 Å². The summed E-state index contributed by atoms with van der Waals surface area (Å²) < 4.78 is 21.1. The second-order valence-electron chi connectivity index (χ2n) is 7.89. The average molecular weight is 421 g/mol. The second-order valence-corrected chi connectivity index (χ2v) is 7.89. The van der Waals surface area contributed by atoms with Gasteiger partial charge in [0.2, 0.25) is 0 Å². The quantitative estimate of drug-likeness (QED) is 0.702. The summed E-state index contributed by atoms with van der Waals surface area (Å²) in [4.78, 5) is 19.5. The molecule has 2 atom stereocenters. The number of nitrogens with one attached hydrogen (secondary N) is 1. The van der Waals surface area contributed by atoms with Crippen LogP contribution in [-0.4, -0.2) is 45.5 Å². The SMILES string of the molecule is O=C(NC1CCCc2cc(F)ccc21)N1CCOCC1c1ncnn1-c1ccccc1. The fourth-order valence-electron chi connectivity index (χ4n) is 4.47. The van der Waals surface area contributed by atoms with E-state index in [4.69, 9.17) is 4.74 Å². The van der Waals surface area contributed by atoms with Crippen molar-refractivity contribution >= 4 is 6.03 Å². The molecule has 0 bridgehead atoms. The number of carbonyl (C=O) groups excluding carboxylic acids is 1. The van der Waals surface area contributed by atoms with Crippen LogP contribution in [0.4, 0.5) is 9.18 Å². The molecule has 2 aromatic carbocycles. The first-order chi connectivity index (χ1) is 15.2. The smallest absolute Gasteiger partial charge is 0.318 e. The zero-order chi connectivity index (χ0) is 21.2. The maximum atomic E-state index is 13.6. The molecule has 3 aromatic rings. The lowest BCUT2D eigenvalue weighted by molar-refractivity contribution is 0.00717. The lowest BCUT2D eigenvalue weighted by Gasteiger charge is -2.37. The molecule has 1 saturated heterocycles. The molecule has 2 aliphatic rings. The van der Waals surface area contributed by atoms with Crippen molar-refractivity contribution in [3.05, 3.63) is 77.6 Å². The predicted molar refractivity (Wildman–Crippen MR) is 112 cm³/mol. The number of aromatic nitrogens is 3. The monoisotopic (exact) mass is 421 g/mol. The van der Waals surface area contributed by atoms with Crippen molar-refractivity contribution in [2.24, 2.45) is 0 Å². The molecule has 1 N–H and O–H groups in total. The summed E-state index contributed by atoms with van der Waals surface area (Å²) in [6.45, 7) is 1.28. The molecule has 1 aliphatic carbocycles. The van der Waals surface area contributed by atoms with Crippen LogP contribution in [0.15, 0.2) is 54.9 Å². The molecule has 31 heavy (non-hydrogen) atoms. The van der Waals surface area contributed by atoms with Crippen LogP contribution in [0.2, 0.25) is 0 Å². The van der Waals surface area contributed by atoms with E-state index in [1.807, 2.05) is 30.3 Å². The van der Waals surface area contributed by atoms with Crippen molar-refractivity contribution in [3.63, 3.8) is 0 Å². The molecule has 7 nitrogen and oxygen atoms in total. The Balaban J connectivity index is 1.39. The fourth-order valence-corrected chi connectivity index (χ4v) is 4.47. The van der Waals surface area contributed by atoms with Crippen LogP contribution in [-0.2, 0) is 11.2 Å². The third-order valence-corrected chi connectivity index (χ3v) is 5.98. The maximum Gasteiger partial charge on any atom is 0.318 e. The average Bonchev–Trinajstić information content (AvgIpc) is 3.29. The van der Waals surface area contributed by atoms with Gasteiger partial charge in [-0.1, -0.05) is 24.3 Å². The third kappa shape index (κ3) is 3.90. The van der Waals surface area contributed by atoms with E-state index in [0.717, 1.165) is 36.1 Å². The molecular formula is C23H24FN5O2. The van der Waals surface area contributed by atoms with Crippen LogP contribution < -0.4 is 5.32 Å². The minimum absolute atomic E-state index is 0.132. The van der Waals surface area contributed by atoms with Crippen molar-refractivity contribution in [1.82, 2.24) is 25.0 Å². The number of fused-ring (bicyclic) bond motifs is 1. The van der Waals surface area contributed by atoms with E-state index in [2.05, 4.69) is 15.4 Å². The Morgan fingerprint density at radius 1 is 1.19 bits per heavy atom.